The van der Waals surface area contributed by atoms with Crippen LogP contribution in [0.1, 0.15) is 64.5 Å². The Morgan fingerprint density at radius 1 is 1.14 bits per heavy atom. The van der Waals surface area contributed by atoms with E-state index in [9.17, 15) is 22.8 Å². The topological polar surface area (TPSA) is 83.9 Å². The fourth-order valence-corrected chi connectivity index (χ4v) is 5.89. The molecule has 2 aliphatic heterocycles. The number of carbonyl (C=O) groups is 2. The van der Waals surface area contributed by atoms with Crippen LogP contribution in [0.5, 0.6) is 5.75 Å². The van der Waals surface area contributed by atoms with Crippen molar-refractivity contribution in [1.82, 2.24) is 15.2 Å². The Balaban J connectivity index is 1.33. The summed E-state index contributed by atoms with van der Waals surface area (Å²) in [6, 6.07) is 13.3. The van der Waals surface area contributed by atoms with Crippen LogP contribution in [-0.2, 0) is 17.9 Å². The number of amides is 1. The molecule has 0 bridgehead atoms. The third-order valence-electron chi connectivity index (χ3n) is 8.05. The average Bonchev–Trinajstić information content (AvgIpc) is 3.40. The van der Waals surface area contributed by atoms with Gasteiger partial charge in [0.15, 0.2) is 5.78 Å². The van der Waals surface area contributed by atoms with Gasteiger partial charge in [0.25, 0.3) is 5.92 Å². The molecule has 2 aromatic carbocycles. The van der Waals surface area contributed by atoms with Gasteiger partial charge in [0, 0.05) is 60.6 Å². The van der Waals surface area contributed by atoms with Gasteiger partial charge >= 0.3 is 0 Å². The van der Waals surface area contributed by atoms with Crippen molar-refractivity contribution in [3.63, 3.8) is 0 Å². The molecule has 5 rings (SSSR count). The van der Waals surface area contributed by atoms with Crippen molar-refractivity contribution in [2.75, 3.05) is 20.2 Å². The zero-order valence-electron chi connectivity index (χ0n) is 24.5. The second kappa shape index (κ2) is 12.7. The Bertz CT molecular complexity index is 1550. The molecule has 0 spiro atoms. The first-order chi connectivity index (χ1) is 20.5. The second-order valence-corrected chi connectivity index (χ2v) is 11.4. The van der Waals surface area contributed by atoms with Crippen molar-refractivity contribution in [2.24, 2.45) is 10.9 Å². The molecular formula is C33H35F3N4O3. The highest BCUT2D eigenvalue weighted by Crippen LogP contribution is 2.32. The smallest absolute Gasteiger partial charge is 0.262 e. The first-order valence-corrected chi connectivity index (χ1v) is 14.4. The highest BCUT2D eigenvalue weighted by atomic mass is 19.3. The van der Waals surface area contributed by atoms with E-state index in [1.807, 2.05) is 37.3 Å². The average molecular weight is 593 g/mol. The Hall–Kier alpha value is -4.05. The van der Waals surface area contributed by atoms with Crippen LogP contribution in [0.15, 0.2) is 59.7 Å². The lowest BCUT2D eigenvalue weighted by molar-refractivity contribution is -0.130. The van der Waals surface area contributed by atoms with Gasteiger partial charge in [-0.1, -0.05) is 18.2 Å². The number of halogens is 3. The number of hydrogen-bond acceptors (Lipinski definition) is 6. The van der Waals surface area contributed by atoms with Crippen LogP contribution in [0.4, 0.5) is 13.2 Å². The number of fused-ring (bicyclic) bond motifs is 1. The molecule has 2 atom stereocenters. The number of benzene rings is 2. The summed E-state index contributed by atoms with van der Waals surface area (Å²) < 4.78 is 47.2. The molecule has 0 saturated carbocycles. The lowest BCUT2D eigenvalue weighted by atomic mass is 9.86. The molecule has 226 valence electrons. The molecule has 1 N–H and O–H groups in total. The lowest BCUT2D eigenvalue weighted by Gasteiger charge is -2.39. The van der Waals surface area contributed by atoms with Crippen molar-refractivity contribution in [1.29, 1.82) is 0 Å². The molecular weight excluding hydrogens is 557 g/mol. The van der Waals surface area contributed by atoms with Crippen LogP contribution < -0.4 is 10.1 Å². The van der Waals surface area contributed by atoms with Crippen LogP contribution in [0.25, 0.3) is 0 Å². The summed E-state index contributed by atoms with van der Waals surface area (Å²) in [7, 11) is 1.44. The number of alkyl halides is 2. The minimum Gasteiger partial charge on any atom is -0.496 e. The predicted molar refractivity (Wildman–Crippen MR) is 157 cm³/mol. The number of nitrogens with zero attached hydrogens (tertiary/aromatic N) is 3. The second-order valence-electron chi connectivity index (χ2n) is 11.4. The number of rotatable bonds is 10. The Labute approximate surface area is 249 Å². The van der Waals surface area contributed by atoms with Crippen molar-refractivity contribution in [3.8, 4) is 5.75 Å². The zero-order valence-corrected chi connectivity index (χ0v) is 24.5. The Kier molecular flexibility index (Phi) is 8.96. The molecule has 2 aliphatic rings. The quantitative estimate of drug-likeness (QED) is 0.314. The molecule has 3 heterocycles. The monoisotopic (exact) mass is 592 g/mol. The van der Waals surface area contributed by atoms with Gasteiger partial charge in [0.1, 0.15) is 11.6 Å². The van der Waals surface area contributed by atoms with E-state index in [4.69, 9.17) is 9.73 Å². The SMILES string of the molecule is COc1cccc(F)c1CN1C[C@H](CC(=O)c2ccc3c(c2)C(c2ccnc(C)c2)=NC3)CC[C@H]1C(=O)NCC(C)(F)F. The molecule has 1 amide bonds. The lowest BCUT2D eigenvalue weighted by Crippen LogP contribution is -2.52. The fraction of sp³-hybridized carbons (Fsp3) is 0.394. The van der Waals surface area contributed by atoms with Gasteiger partial charge in [0.05, 0.1) is 32.0 Å². The summed E-state index contributed by atoms with van der Waals surface area (Å²) in [6.45, 7) is 2.77. The van der Waals surface area contributed by atoms with Crippen LogP contribution in [0.2, 0.25) is 0 Å². The van der Waals surface area contributed by atoms with E-state index in [0.29, 0.717) is 37.2 Å². The summed E-state index contributed by atoms with van der Waals surface area (Å²) >= 11 is 0. The van der Waals surface area contributed by atoms with E-state index >= 15 is 0 Å². The van der Waals surface area contributed by atoms with Crippen LogP contribution >= 0.6 is 0 Å². The molecule has 3 aromatic rings. The van der Waals surface area contributed by atoms with E-state index < -0.39 is 30.2 Å². The van der Waals surface area contributed by atoms with Gasteiger partial charge in [-0.2, -0.15) is 0 Å². The van der Waals surface area contributed by atoms with Gasteiger partial charge in [-0.3, -0.25) is 24.5 Å². The fourth-order valence-electron chi connectivity index (χ4n) is 5.89. The number of ether oxygens (including phenoxy) is 1. The molecule has 1 fully saturated rings. The van der Waals surface area contributed by atoms with E-state index in [0.717, 1.165) is 35.0 Å². The van der Waals surface area contributed by atoms with Gasteiger partial charge < -0.3 is 10.1 Å². The largest absolute Gasteiger partial charge is 0.496 e. The number of aromatic nitrogens is 1. The van der Waals surface area contributed by atoms with Gasteiger partial charge in [-0.05, 0) is 61.6 Å². The zero-order chi connectivity index (χ0) is 30.7. The first kappa shape index (κ1) is 30.4. The highest BCUT2D eigenvalue weighted by Gasteiger charge is 2.36. The Morgan fingerprint density at radius 2 is 1.95 bits per heavy atom. The Morgan fingerprint density at radius 3 is 2.70 bits per heavy atom. The van der Waals surface area contributed by atoms with Crippen LogP contribution in [0.3, 0.4) is 0 Å². The maximum atomic E-state index is 14.9. The summed E-state index contributed by atoms with van der Waals surface area (Å²) in [5.41, 5.74) is 5.50. The maximum Gasteiger partial charge on any atom is 0.262 e. The van der Waals surface area contributed by atoms with E-state index in [1.54, 1.807) is 17.2 Å². The maximum absolute atomic E-state index is 14.9. The number of methoxy groups -OCH3 is 1. The third-order valence-corrected chi connectivity index (χ3v) is 8.05. The first-order valence-electron chi connectivity index (χ1n) is 14.4. The standard InChI is InChI=1S/C33H35F3N4O3/c1-20-13-23(11-12-37-20)31-25-15-22(8-9-24(25)16-38-31)29(41)14-21-7-10-28(32(42)39-19-33(2,35)36)40(17-21)18-26-27(34)5-4-6-30(26)43-3/h4-6,8-9,11-13,15,21,28H,7,10,14,16-19H2,1-3H3,(H,39,42)/t21-,28-/m0/s1. The molecule has 1 aromatic heterocycles. The number of pyridine rings is 1. The number of hydrogen-bond donors (Lipinski definition) is 1. The van der Waals surface area contributed by atoms with Gasteiger partial charge in [-0.15, -0.1) is 0 Å². The van der Waals surface area contributed by atoms with Crippen molar-refractivity contribution in [3.05, 3.63) is 94.1 Å². The summed E-state index contributed by atoms with van der Waals surface area (Å²) in [4.78, 5) is 37.3. The van der Waals surface area contributed by atoms with Gasteiger partial charge in [-0.25, -0.2) is 13.2 Å². The molecule has 0 aliphatic carbocycles. The summed E-state index contributed by atoms with van der Waals surface area (Å²) in [5, 5.41) is 2.34. The number of aliphatic imine (C=N–C) groups is 1. The van der Waals surface area contributed by atoms with Crippen LogP contribution in [0, 0.1) is 18.7 Å². The number of piperidine rings is 1. The number of aryl methyl sites for hydroxylation is 1. The normalized spacial score (nSPS) is 18.6. The summed E-state index contributed by atoms with van der Waals surface area (Å²) in [5.74, 6) is -3.92. The molecule has 10 heteroatoms. The number of carbonyl (C=O) groups excluding carboxylic acids is 2. The van der Waals surface area contributed by atoms with E-state index in [1.165, 1.54) is 19.2 Å². The van der Waals surface area contributed by atoms with Crippen molar-refractivity contribution in [2.45, 2.75) is 58.2 Å². The highest BCUT2D eigenvalue weighted by molar-refractivity contribution is 6.16. The number of nitrogens with one attached hydrogen (secondary N) is 1. The van der Waals surface area contributed by atoms with Crippen molar-refractivity contribution < 1.29 is 27.5 Å². The predicted octanol–water partition coefficient (Wildman–Crippen LogP) is 5.51. The van der Waals surface area contributed by atoms with E-state index in [2.05, 4.69) is 10.3 Å². The van der Waals surface area contributed by atoms with E-state index in [-0.39, 0.29) is 30.2 Å². The third kappa shape index (κ3) is 7.13. The molecule has 43 heavy (non-hydrogen) atoms. The molecule has 7 nitrogen and oxygen atoms in total. The molecule has 0 radical (unpaired) electrons. The minimum atomic E-state index is -3.06. The molecule has 0 unspecified atom stereocenters. The van der Waals surface area contributed by atoms with Crippen molar-refractivity contribution >= 4 is 17.4 Å². The summed E-state index contributed by atoms with van der Waals surface area (Å²) in [6.07, 6.45) is 2.86. The minimum absolute atomic E-state index is 0.0329. The number of ketones is 1. The number of likely N-dealkylation sites (tertiary alicyclic amines) is 1. The van der Waals surface area contributed by atoms with Crippen LogP contribution in [-0.4, -0.2) is 59.4 Å². The number of Topliss-reactive ketones (excluding diaryl/α,β-unsaturated/α-hetero) is 1. The van der Waals surface area contributed by atoms with Gasteiger partial charge in [0.2, 0.25) is 5.91 Å². The molecule has 1 saturated heterocycles.